The number of hydrogen-bond donors (Lipinski definition) is 2. The molecule has 0 atom stereocenters. The molecule has 1 aromatic heterocycles. The second kappa shape index (κ2) is 10.3. The van der Waals surface area contributed by atoms with Crippen LogP contribution in [-0.2, 0) is 29.5 Å². The highest BCUT2D eigenvalue weighted by molar-refractivity contribution is 7.99. The van der Waals surface area contributed by atoms with Gasteiger partial charge in [-0.2, -0.15) is 0 Å². The zero-order valence-electron chi connectivity index (χ0n) is 18.2. The van der Waals surface area contributed by atoms with Crippen molar-refractivity contribution in [3.8, 4) is 0 Å². The highest BCUT2D eigenvalue weighted by atomic mass is 32.2. The molecule has 3 rings (SSSR count). The quantitative estimate of drug-likeness (QED) is 0.522. The number of aryl methyl sites for hydroxylation is 3. The van der Waals surface area contributed by atoms with Gasteiger partial charge >= 0.3 is 0 Å². The van der Waals surface area contributed by atoms with Crippen LogP contribution in [0.3, 0.4) is 0 Å². The Balaban J connectivity index is 1.53. The van der Waals surface area contributed by atoms with Crippen molar-refractivity contribution >= 4 is 35.0 Å². The zero-order valence-corrected chi connectivity index (χ0v) is 19.0. The van der Waals surface area contributed by atoms with E-state index in [0.29, 0.717) is 11.0 Å². The molecule has 8 heteroatoms. The van der Waals surface area contributed by atoms with Gasteiger partial charge in [0.1, 0.15) is 5.82 Å². The Morgan fingerprint density at radius 3 is 2.42 bits per heavy atom. The highest BCUT2D eigenvalue weighted by Gasteiger charge is 2.15. The molecule has 0 fully saturated rings. The summed E-state index contributed by atoms with van der Waals surface area (Å²) in [5.41, 5.74) is 4.94. The molecule has 0 spiro atoms. The number of nitrogens with zero attached hydrogens (tertiary/aromatic N) is 3. The van der Waals surface area contributed by atoms with Crippen LogP contribution in [0.15, 0.2) is 47.6 Å². The van der Waals surface area contributed by atoms with Gasteiger partial charge in [-0.3, -0.25) is 9.59 Å². The van der Waals surface area contributed by atoms with Crippen LogP contribution >= 0.6 is 11.8 Å². The fraction of sp³-hybridized carbons (Fsp3) is 0.304. The van der Waals surface area contributed by atoms with E-state index in [0.717, 1.165) is 28.9 Å². The summed E-state index contributed by atoms with van der Waals surface area (Å²) in [6, 6.07) is 13.7. The molecule has 2 aromatic carbocycles. The fourth-order valence-electron chi connectivity index (χ4n) is 3.07. The van der Waals surface area contributed by atoms with E-state index >= 15 is 0 Å². The predicted molar refractivity (Wildman–Crippen MR) is 124 cm³/mol. The van der Waals surface area contributed by atoms with Crippen LogP contribution in [0, 0.1) is 13.8 Å². The van der Waals surface area contributed by atoms with E-state index in [1.54, 1.807) is 11.6 Å². The Bertz CT molecular complexity index is 1080. The molecule has 2 N–H and O–H groups in total. The third-order valence-corrected chi connectivity index (χ3v) is 5.90. The minimum Gasteiger partial charge on any atom is -0.325 e. The van der Waals surface area contributed by atoms with Gasteiger partial charge in [0.05, 0.1) is 12.2 Å². The van der Waals surface area contributed by atoms with Gasteiger partial charge < -0.3 is 15.2 Å². The summed E-state index contributed by atoms with van der Waals surface area (Å²) in [4.78, 5) is 24.7. The molecular formula is C23H27N5O2S. The lowest BCUT2D eigenvalue weighted by atomic mass is 10.1. The van der Waals surface area contributed by atoms with Crippen LogP contribution in [0.4, 0.5) is 11.4 Å². The Hall–Kier alpha value is -3.13. The van der Waals surface area contributed by atoms with Crippen molar-refractivity contribution in [3.05, 3.63) is 65.0 Å². The Morgan fingerprint density at radius 2 is 1.74 bits per heavy atom. The molecule has 31 heavy (non-hydrogen) atoms. The third-order valence-electron chi connectivity index (χ3n) is 4.88. The fourth-order valence-corrected chi connectivity index (χ4v) is 3.80. The van der Waals surface area contributed by atoms with E-state index in [1.165, 1.54) is 17.3 Å². The smallest absolute Gasteiger partial charge is 0.234 e. The number of rotatable bonds is 8. The molecule has 0 aliphatic carbocycles. The first-order valence-electron chi connectivity index (χ1n) is 10.1. The number of hydrogen-bond acceptors (Lipinski definition) is 5. The summed E-state index contributed by atoms with van der Waals surface area (Å²) >= 11 is 1.28. The van der Waals surface area contributed by atoms with Gasteiger partial charge in [-0.05, 0) is 49.6 Å². The largest absolute Gasteiger partial charge is 0.325 e. The van der Waals surface area contributed by atoms with Crippen LogP contribution in [0.2, 0.25) is 0 Å². The maximum Gasteiger partial charge on any atom is 0.234 e. The van der Waals surface area contributed by atoms with Crippen molar-refractivity contribution in [2.24, 2.45) is 7.05 Å². The molecule has 2 amide bonds. The summed E-state index contributed by atoms with van der Waals surface area (Å²) in [6.07, 6.45) is 1.06. The van der Waals surface area contributed by atoms with E-state index < -0.39 is 0 Å². The Labute approximate surface area is 186 Å². The minimum atomic E-state index is -0.160. The monoisotopic (exact) mass is 437 g/mol. The van der Waals surface area contributed by atoms with Gasteiger partial charge in [0.25, 0.3) is 0 Å². The first-order chi connectivity index (χ1) is 14.9. The van der Waals surface area contributed by atoms with Crippen molar-refractivity contribution in [1.82, 2.24) is 14.8 Å². The lowest BCUT2D eigenvalue weighted by Crippen LogP contribution is -2.18. The summed E-state index contributed by atoms with van der Waals surface area (Å²) in [6.45, 7) is 6.06. The maximum atomic E-state index is 12.4. The van der Waals surface area contributed by atoms with Gasteiger partial charge in [-0.1, -0.05) is 48.5 Å². The van der Waals surface area contributed by atoms with Crippen LogP contribution in [-0.4, -0.2) is 32.3 Å². The zero-order chi connectivity index (χ0) is 22.4. The van der Waals surface area contributed by atoms with Crippen LogP contribution in [0.5, 0.6) is 0 Å². The molecular weight excluding hydrogens is 410 g/mol. The second-order valence-corrected chi connectivity index (χ2v) is 8.33. The van der Waals surface area contributed by atoms with Gasteiger partial charge in [0.2, 0.25) is 11.8 Å². The summed E-state index contributed by atoms with van der Waals surface area (Å²) in [5.74, 6) is 0.468. The standard InChI is InChI=1S/C23H27N5O2S/c1-5-17-7-9-18(10-8-17)24-22(30)14-31-23-27-26-20(28(23)4)13-21(29)25-19-11-6-15(2)12-16(19)3/h6-12H,5,13-14H2,1-4H3,(H,24,30)(H,25,29). The molecule has 162 valence electrons. The predicted octanol–water partition coefficient (Wildman–Crippen LogP) is 3.91. The lowest BCUT2D eigenvalue weighted by Gasteiger charge is -2.09. The van der Waals surface area contributed by atoms with E-state index in [1.807, 2.05) is 56.3 Å². The number of thioether (sulfide) groups is 1. The number of anilines is 2. The topological polar surface area (TPSA) is 88.9 Å². The van der Waals surface area contributed by atoms with Gasteiger partial charge in [0.15, 0.2) is 5.16 Å². The molecule has 3 aromatic rings. The van der Waals surface area contributed by atoms with Crippen molar-refractivity contribution < 1.29 is 9.59 Å². The third kappa shape index (κ3) is 6.18. The molecule has 1 heterocycles. The second-order valence-electron chi connectivity index (χ2n) is 7.39. The number of amides is 2. The molecule has 0 bridgehead atoms. The van der Waals surface area contributed by atoms with Gasteiger partial charge in [-0.15, -0.1) is 10.2 Å². The molecule has 7 nitrogen and oxygen atoms in total. The average Bonchev–Trinajstić information content (AvgIpc) is 3.08. The molecule has 0 saturated heterocycles. The first kappa shape index (κ1) is 22.6. The van der Waals surface area contributed by atoms with Crippen molar-refractivity contribution in [3.63, 3.8) is 0 Å². The first-order valence-corrected chi connectivity index (χ1v) is 11.1. The van der Waals surface area contributed by atoms with Crippen LogP contribution in [0.25, 0.3) is 0 Å². The number of aromatic nitrogens is 3. The van der Waals surface area contributed by atoms with E-state index in [9.17, 15) is 9.59 Å². The normalized spacial score (nSPS) is 10.7. The molecule has 0 aliphatic heterocycles. The van der Waals surface area contributed by atoms with Gasteiger partial charge in [0, 0.05) is 18.4 Å². The van der Waals surface area contributed by atoms with Crippen molar-refractivity contribution in [1.29, 1.82) is 0 Å². The number of benzene rings is 2. The molecule has 0 saturated carbocycles. The van der Waals surface area contributed by atoms with E-state index in [-0.39, 0.29) is 24.0 Å². The summed E-state index contributed by atoms with van der Waals surface area (Å²) in [5, 5.41) is 14.6. The minimum absolute atomic E-state index is 0.105. The summed E-state index contributed by atoms with van der Waals surface area (Å²) < 4.78 is 1.75. The molecule has 0 unspecified atom stereocenters. The Morgan fingerprint density at radius 1 is 1.00 bits per heavy atom. The lowest BCUT2D eigenvalue weighted by molar-refractivity contribution is -0.116. The SMILES string of the molecule is CCc1ccc(NC(=O)CSc2nnc(CC(=O)Nc3ccc(C)cc3C)n2C)cc1. The van der Waals surface area contributed by atoms with E-state index in [4.69, 9.17) is 0 Å². The van der Waals surface area contributed by atoms with Crippen LogP contribution < -0.4 is 10.6 Å². The van der Waals surface area contributed by atoms with Crippen molar-refractivity contribution in [2.75, 3.05) is 16.4 Å². The highest BCUT2D eigenvalue weighted by Crippen LogP contribution is 2.19. The number of carbonyl (C=O) groups excluding carboxylic acids is 2. The average molecular weight is 438 g/mol. The molecule has 0 aliphatic rings. The number of carbonyl (C=O) groups is 2. The number of nitrogens with one attached hydrogen (secondary N) is 2. The summed E-state index contributed by atoms with van der Waals surface area (Å²) in [7, 11) is 1.80. The van der Waals surface area contributed by atoms with Gasteiger partial charge in [-0.25, -0.2) is 0 Å². The van der Waals surface area contributed by atoms with Crippen LogP contribution in [0.1, 0.15) is 29.4 Å². The Kier molecular flexibility index (Phi) is 7.46. The van der Waals surface area contributed by atoms with E-state index in [2.05, 4.69) is 27.8 Å². The van der Waals surface area contributed by atoms with Crippen molar-refractivity contribution in [2.45, 2.75) is 38.8 Å². The maximum absolute atomic E-state index is 12.4. The molecule has 0 radical (unpaired) electrons.